The summed E-state index contributed by atoms with van der Waals surface area (Å²) in [5.41, 5.74) is 2.91. The van der Waals surface area contributed by atoms with E-state index in [1.54, 1.807) is 12.6 Å². The Bertz CT molecular complexity index is 1000. The Hall–Kier alpha value is -1.83. The maximum absolute atomic E-state index is 12.6. The molecule has 41 heavy (non-hydrogen) atoms. The standard InChI is InChI=1S/C31H45BrClNO7/c1-22(13-14-24(20-33)11-6-5-9-15-32)10-7-8-12-29(35)34-21-31(37)23(2)28(39-4)18-27(41-31)17-26-16-25(38-3)19-30(36)40-26/h7,10,19-20,22-23,26-28,37H,5-6,8,11-14,16-18,21H2,1-4H3,(H,34,35). The number of allylic oxidation sites excluding steroid dienone is 3. The average molecular weight is 659 g/mol. The van der Waals surface area contributed by atoms with Gasteiger partial charge in [-0.25, -0.2) is 4.79 Å². The van der Waals surface area contributed by atoms with Crippen LogP contribution in [0.3, 0.4) is 0 Å². The highest BCUT2D eigenvalue weighted by Crippen LogP contribution is 2.36. The zero-order valence-corrected chi connectivity index (χ0v) is 27.0. The second kappa shape index (κ2) is 18.7. The van der Waals surface area contributed by atoms with Crippen molar-refractivity contribution in [3.05, 3.63) is 35.1 Å². The molecule has 0 radical (unpaired) electrons. The lowest BCUT2D eigenvalue weighted by Crippen LogP contribution is -2.59. The first-order valence-corrected chi connectivity index (χ1v) is 15.5. The number of methoxy groups -OCH3 is 2. The van der Waals surface area contributed by atoms with Crippen LogP contribution in [0.2, 0.25) is 0 Å². The molecule has 6 atom stereocenters. The van der Waals surface area contributed by atoms with Crippen molar-refractivity contribution in [1.29, 1.82) is 0 Å². The Balaban J connectivity index is 1.78. The lowest BCUT2D eigenvalue weighted by atomic mass is 9.85. The molecule has 0 aromatic carbocycles. The van der Waals surface area contributed by atoms with Gasteiger partial charge in [0.05, 0.1) is 31.9 Å². The van der Waals surface area contributed by atoms with E-state index in [4.69, 9.17) is 30.5 Å². The molecule has 0 bridgehead atoms. The molecule has 0 saturated carbocycles. The number of hydrogen-bond donors (Lipinski definition) is 2. The fourth-order valence-electron chi connectivity index (χ4n) is 5.12. The minimum atomic E-state index is -1.61. The summed E-state index contributed by atoms with van der Waals surface area (Å²) < 4.78 is 22.4. The van der Waals surface area contributed by atoms with Crippen molar-refractivity contribution >= 4 is 39.4 Å². The first-order valence-electron chi connectivity index (χ1n) is 14.3. The Labute approximate surface area is 258 Å². The van der Waals surface area contributed by atoms with Gasteiger partial charge in [0.15, 0.2) is 5.79 Å². The molecule has 2 rings (SSSR count). The smallest absolute Gasteiger partial charge is 0.334 e. The quantitative estimate of drug-likeness (QED) is 0.0926. The zero-order valence-electron chi connectivity index (χ0n) is 24.6. The molecule has 2 N–H and O–H groups in total. The zero-order chi connectivity index (χ0) is 30.3. The van der Waals surface area contributed by atoms with E-state index in [0.717, 1.165) is 32.1 Å². The number of nitrogens with one attached hydrogen (secondary N) is 1. The third-order valence-electron chi connectivity index (χ3n) is 7.70. The highest BCUT2D eigenvalue weighted by atomic mass is 79.9. The minimum absolute atomic E-state index is 0.0636. The third-order valence-corrected chi connectivity index (χ3v) is 8.29. The van der Waals surface area contributed by atoms with E-state index in [2.05, 4.69) is 45.0 Å². The van der Waals surface area contributed by atoms with Gasteiger partial charge in [0.2, 0.25) is 5.91 Å². The predicted octanol–water partition coefficient (Wildman–Crippen LogP) is 5.87. The topological polar surface area (TPSA) is 103 Å². The normalized spacial score (nSPS) is 27.4. The summed E-state index contributed by atoms with van der Waals surface area (Å²) in [4.78, 5) is 27.2. The highest BCUT2D eigenvalue weighted by molar-refractivity contribution is 9.12. The fraction of sp³-hybridized carbons (Fsp3) is 0.677. The number of aliphatic hydroxyl groups is 1. The van der Waals surface area contributed by atoms with Crippen molar-refractivity contribution in [3.8, 4) is 10.8 Å². The van der Waals surface area contributed by atoms with E-state index in [-0.39, 0.29) is 24.5 Å². The molecule has 2 aliphatic heterocycles. The molecule has 0 aliphatic carbocycles. The Morgan fingerprint density at radius 3 is 2.80 bits per heavy atom. The van der Waals surface area contributed by atoms with Gasteiger partial charge in [-0.15, -0.1) is 0 Å². The molecule has 1 amide bonds. The second-order valence-electron chi connectivity index (χ2n) is 10.8. The van der Waals surface area contributed by atoms with Gasteiger partial charge in [0.1, 0.15) is 11.9 Å². The van der Waals surface area contributed by atoms with Gasteiger partial charge in [-0.05, 0) is 42.9 Å². The largest absolute Gasteiger partial charge is 0.501 e. The van der Waals surface area contributed by atoms with Crippen LogP contribution >= 0.6 is 27.5 Å². The van der Waals surface area contributed by atoms with Crippen LogP contribution in [0.1, 0.15) is 78.1 Å². The summed E-state index contributed by atoms with van der Waals surface area (Å²) in [5.74, 6) is 1.30. The van der Waals surface area contributed by atoms with Crippen molar-refractivity contribution in [1.82, 2.24) is 5.32 Å². The molecule has 2 heterocycles. The van der Waals surface area contributed by atoms with Gasteiger partial charge in [0, 0.05) is 66.6 Å². The lowest BCUT2D eigenvalue weighted by Gasteiger charge is -2.46. The molecule has 2 aliphatic rings. The van der Waals surface area contributed by atoms with Gasteiger partial charge >= 0.3 is 5.97 Å². The summed E-state index contributed by atoms with van der Waals surface area (Å²) in [5, 5.41) is 14.2. The molecule has 0 aromatic rings. The number of amides is 1. The van der Waals surface area contributed by atoms with E-state index >= 15 is 0 Å². The maximum Gasteiger partial charge on any atom is 0.334 e. The maximum atomic E-state index is 12.6. The van der Waals surface area contributed by atoms with Gasteiger partial charge in [-0.1, -0.05) is 49.1 Å². The van der Waals surface area contributed by atoms with E-state index in [1.807, 2.05) is 13.0 Å². The highest BCUT2D eigenvalue weighted by Gasteiger charge is 2.47. The van der Waals surface area contributed by atoms with Crippen molar-refractivity contribution in [2.75, 3.05) is 20.8 Å². The van der Waals surface area contributed by atoms with Crippen LogP contribution in [0.5, 0.6) is 0 Å². The van der Waals surface area contributed by atoms with Crippen molar-refractivity contribution in [2.45, 2.75) is 102 Å². The summed E-state index contributed by atoms with van der Waals surface area (Å²) in [6.07, 6.45) is 11.3. The number of hydrogen-bond acceptors (Lipinski definition) is 7. The number of unbranched alkanes of at least 4 members (excludes halogenated alkanes) is 1. The average Bonchev–Trinajstić information content (AvgIpc) is 2.95. The SMILES string of the molecule is COC1=CC(=O)OC(CC2CC(OC)C(C)C(O)(CNC(=O)CCC=CC(C)CCC(=CCl)CCCC#CBr)O2)C1. The second-order valence-corrected chi connectivity index (χ2v) is 11.5. The van der Waals surface area contributed by atoms with Crippen molar-refractivity contribution < 1.29 is 33.6 Å². The molecule has 0 aromatic heterocycles. The number of carbonyl (C=O) groups is 2. The van der Waals surface area contributed by atoms with Crippen LogP contribution in [0.25, 0.3) is 0 Å². The van der Waals surface area contributed by atoms with E-state index in [0.29, 0.717) is 43.8 Å². The minimum Gasteiger partial charge on any atom is -0.501 e. The third kappa shape index (κ3) is 12.5. The first kappa shape index (κ1) is 35.4. The molecule has 8 nitrogen and oxygen atoms in total. The molecule has 0 spiro atoms. The first-order chi connectivity index (χ1) is 19.6. The number of esters is 1. The molecule has 230 valence electrons. The lowest BCUT2D eigenvalue weighted by molar-refractivity contribution is -0.303. The number of carbonyl (C=O) groups excluding carboxylic acids is 2. The number of ether oxygens (including phenoxy) is 4. The van der Waals surface area contributed by atoms with Gasteiger partial charge < -0.3 is 29.4 Å². The molecular weight excluding hydrogens is 614 g/mol. The van der Waals surface area contributed by atoms with Crippen LogP contribution in [-0.4, -0.2) is 61.8 Å². The van der Waals surface area contributed by atoms with E-state index < -0.39 is 24.0 Å². The number of rotatable bonds is 16. The fourth-order valence-corrected chi connectivity index (χ4v) is 5.53. The Morgan fingerprint density at radius 1 is 1.34 bits per heavy atom. The summed E-state index contributed by atoms with van der Waals surface area (Å²) in [6.45, 7) is 3.93. The Kier molecular flexibility index (Phi) is 16.1. The van der Waals surface area contributed by atoms with Crippen LogP contribution in [-0.2, 0) is 28.5 Å². The molecule has 1 saturated heterocycles. The van der Waals surface area contributed by atoms with Crippen LogP contribution in [0, 0.1) is 22.6 Å². The molecular formula is C31H45BrClNO7. The van der Waals surface area contributed by atoms with Crippen LogP contribution in [0.4, 0.5) is 0 Å². The van der Waals surface area contributed by atoms with Crippen molar-refractivity contribution in [2.24, 2.45) is 11.8 Å². The van der Waals surface area contributed by atoms with Crippen LogP contribution < -0.4 is 5.32 Å². The van der Waals surface area contributed by atoms with E-state index in [1.165, 1.54) is 18.8 Å². The number of halogens is 2. The summed E-state index contributed by atoms with van der Waals surface area (Å²) in [6, 6.07) is 0. The van der Waals surface area contributed by atoms with Gasteiger partial charge in [-0.2, -0.15) is 0 Å². The molecule has 6 unspecified atom stereocenters. The molecule has 10 heteroatoms. The number of cyclic esters (lactones) is 1. The van der Waals surface area contributed by atoms with Gasteiger partial charge in [-0.3, -0.25) is 4.79 Å². The van der Waals surface area contributed by atoms with Gasteiger partial charge in [0.25, 0.3) is 0 Å². The Morgan fingerprint density at radius 2 is 2.12 bits per heavy atom. The van der Waals surface area contributed by atoms with E-state index in [9.17, 15) is 14.7 Å². The van der Waals surface area contributed by atoms with Crippen molar-refractivity contribution in [3.63, 3.8) is 0 Å². The predicted molar refractivity (Wildman–Crippen MR) is 163 cm³/mol. The summed E-state index contributed by atoms with van der Waals surface area (Å²) in [7, 11) is 3.11. The monoisotopic (exact) mass is 657 g/mol. The van der Waals surface area contributed by atoms with Crippen LogP contribution in [0.15, 0.2) is 35.1 Å². The molecule has 1 fully saturated rings. The summed E-state index contributed by atoms with van der Waals surface area (Å²) >= 11 is 9.09.